The third kappa shape index (κ3) is 3.26. The summed E-state index contributed by atoms with van der Waals surface area (Å²) >= 11 is 0. The zero-order chi connectivity index (χ0) is 18.0. The lowest BCUT2D eigenvalue weighted by Crippen LogP contribution is -2.10. The average molecular weight is 338 g/mol. The maximum Gasteiger partial charge on any atom is 0.342 e. The van der Waals surface area contributed by atoms with E-state index in [0.717, 1.165) is 5.92 Å². The van der Waals surface area contributed by atoms with Crippen LogP contribution in [0.25, 0.3) is 11.3 Å². The summed E-state index contributed by atoms with van der Waals surface area (Å²) in [7, 11) is 1.73. The fourth-order valence-corrected chi connectivity index (χ4v) is 2.73. The molecule has 5 radical (unpaired) electrons. The lowest BCUT2D eigenvalue weighted by atomic mass is 9.96. The fraction of sp³-hybridized carbons (Fsp3) is 0.167. The number of carbonyl (C=O) groups is 1. The summed E-state index contributed by atoms with van der Waals surface area (Å²) in [6.45, 7) is 1.98. The van der Waals surface area contributed by atoms with Gasteiger partial charge in [0.05, 0.1) is 22.9 Å². The Bertz CT molecular complexity index is 789. The monoisotopic (exact) mass is 338 g/mol. The molecule has 7 heteroatoms. The molecule has 1 heterocycles. The molecule has 0 N–H and O–H groups in total. The van der Waals surface area contributed by atoms with Crippen LogP contribution in [0.1, 0.15) is 23.0 Å². The highest BCUT2D eigenvalue weighted by molar-refractivity contribution is 5.99. The molecular weight excluding hydrogens is 322 g/mol. The lowest BCUT2D eigenvalue weighted by Gasteiger charge is -2.09. The van der Waals surface area contributed by atoms with Crippen molar-refractivity contribution in [2.75, 3.05) is 6.61 Å². The van der Waals surface area contributed by atoms with Gasteiger partial charge in [0.15, 0.2) is 0 Å². The number of esters is 1. The highest BCUT2D eigenvalue weighted by Gasteiger charge is 2.32. The van der Waals surface area contributed by atoms with E-state index in [0.29, 0.717) is 22.5 Å². The molecule has 1 saturated carbocycles. The molecule has 1 aromatic carbocycles. The van der Waals surface area contributed by atoms with Gasteiger partial charge in [0.2, 0.25) is 0 Å². The number of rotatable bonds is 5. The molecule has 0 bridgehead atoms. The largest absolute Gasteiger partial charge is 0.462 e. The van der Waals surface area contributed by atoms with Crippen LogP contribution < -0.4 is 0 Å². The third-order valence-electron chi connectivity index (χ3n) is 3.81. The van der Waals surface area contributed by atoms with E-state index in [1.165, 1.54) is 12.1 Å². The van der Waals surface area contributed by atoms with Crippen molar-refractivity contribution in [1.82, 2.24) is 9.78 Å². The van der Waals surface area contributed by atoms with E-state index < -0.39 is 10.9 Å². The number of benzene rings is 1. The highest BCUT2D eigenvalue weighted by Crippen LogP contribution is 2.36. The molecule has 1 aliphatic carbocycles. The van der Waals surface area contributed by atoms with Crippen LogP contribution in [0, 0.1) is 41.7 Å². The summed E-state index contributed by atoms with van der Waals surface area (Å²) in [4.78, 5) is 22.9. The number of nitro benzene ring substituents is 1. The molecule has 0 saturated heterocycles. The summed E-state index contributed by atoms with van der Waals surface area (Å²) in [6, 6.07) is 6.01. The van der Waals surface area contributed by atoms with E-state index in [9.17, 15) is 14.9 Å². The Morgan fingerprint density at radius 3 is 2.44 bits per heavy atom. The van der Waals surface area contributed by atoms with E-state index in [4.69, 9.17) is 4.74 Å². The van der Waals surface area contributed by atoms with Crippen LogP contribution in [0.2, 0.25) is 0 Å². The minimum atomic E-state index is -0.472. The van der Waals surface area contributed by atoms with E-state index in [1.807, 2.05) is 25.7 Å². The van der Waals surface area contributed by atoms with Crippen LogP contribution in [-0.2, 0) is 11.8 Å². The second-order valence-corrected chi connectivity index (χ2v) is 5.39. The summed E-state index contributed by atoms with van der Waals surface area (Å²) in [5.41, 5.74) is 2.08. The molecule has 0 amide bonds. The van der Waals surface area contributed by atoms with Gasteiger partial charge in [0.25, 0.3) is 5.69 Å². The summed E-state index contributed by atoms with van der Waals surface area (Å²) in [6.07, 6.45) is 7.46. The number of hydrogen-bond donors (Lipinski definition) is 0. The van der Waals surface area contributed by atoms with Gasteiger partial charge in [-0.15, -0.1) is 0 Å². The average Bonchev–Trinajstić information content (AvgIpc) is 3.22. The van der Waals surface area contributed by atoms with E-state index >= 15 is 0 Å². The zero-order valence-electron chi connectivity index (χ0n) is 13.8. The van der Waals surface area contributed by atoms with Crippen LogP contribution in [0.4, 0.5) is 5.69 Å². The Hall–Kier alpha value is -2.70. The van der Waals surface area contributed by atoms with Crippen LogP contribution in [0.15, 0.2) is 24.3 Å². The van der Waals surface area contributed by atoms with Crippen molar-refractivity contribution < 1.29 is 14.5 Å². The Balaban J connectivity index is 2.10. The normalized spacial score (nSPS) is 14.6. The maximum atomic E-state index is 12.6. The van der Waals surface area contributed by atoms with E-state index in [-0.39, 0.29) is 12.3 Å². The number of aryl methyl sites for hydroxylation is 1. The van der Waals surface area contributed by atoms with Gasteiger partial charge in [-0.05, 0) is 44.7 Å². The number of hydrogen-bond acceptors (Lipinski definition) is 5. The number of non-ortho nitro benzene ring substituents is 1. The Kier molecular flexibility index (Phi) is 4.83. The number of carbonyl (C=O) groups excluding carboxylic acids is 1. The smallest absolute Gasteiger partial charge is 0.342 e. The van der Waals surface area contributed by atoms with Crippen LogP contribution >= 0.6 is 0 Å². The molecular formula is C18H16N3O4. The minimum absolute atomic E-state index is 0.0140. The number of nitrogens with zero attached hydrogens (tertiary/aromatic N) is 3. The van der Waals surface area contributed by atoms with Gasteiger partial charge in [-0.1, -0.05) is 0 Å². The lowest BCUT2D eigenvalue weighted by molar-refractivity contribution is -0.384. The van der Waals surface area contributed by atoms with Crippen molar-refractivity contribution in [3.8, 4) is 11.3 Å². The van der Waals surface area contributed by atoms with Crippen molar-refractivity contribution in [1.29, 1.82) is 0 Å². The van der Waals surface area contributed by atoms with Gasteiger partial charge in [-0.2, -0.15) is 5.10 Å². The molecule has 7 nitrogen and oxygen atoms in total. The fourth-order valence-electron chi connectivity index (χ4n) is 2.73. The topological polar surface area (TPSA) is 87.3 Å². The van der Waals surface area contributed by atoms with Crippen molar-refractivity contribution in [3.63, 3.8) is 0 Å². The van der Waals surface area contributed by atoms with Gasteiger partial charge in [0.1, 0.15) is 5.56 Å². The quantitative estimate of drug-likeness (QED) is 0.475. The van der Waals surface area contributed by atoms with Crippen molar-refractivity contribution in [2.24, 2.45) is 7.05 Å². The second-order valence-electron chi connectivity index (χ2n) is 5.39. The van der Waals surface area contributed by atoms with Crippen LogP contribution in [-0.4, -0.2) is 27.3 Å². The first-order valence-electron chi connectivity index (χ1n) is 7.74. The third-order valence-corrected chi connectivity index (χ3v) is 3.81. The Labute approximate surface area is 145 Å². The molecule has 1 fully saturated rings. The molecule has 0 spiro atoms. The Morgan fingerprint density at radius 1 is 1.24 bits per heavy atom. The predicted molar refractivity (Wildman–Crippen MR) is 90.8 cm³/mol. The number of aromatic nitrogens is 2. The van der Waals surface area contributed by atoms with E-state index in [1.54, 1.807) is 30.8 Å². The molecule has 3 rings (SSSR count). The first-order valence-corrected chi connectivity index (χ1v) is 7.74. The Morgan fingerprint density at radius 2 is 1.88 bits per heavy atom. The molecule has 0 aliphatic heterocycles. The minimum Gasteiger partial charge on any atom is -0.462 e. The molecule has 25 heavy (non-hydrogen) atoms. The zero-order valence-corrected chi connectivity index (χ0v) is 13.8. The van der Waals surface area contributed by atoms with Crippen molar-refractivity contribution in [2.45, 2.75) is 6.92 Å². The summed E-state index contributed by atoms with van der Waals surface area (Å²) in [5.74, 6) is 0.340. The van der Waals surface area contributed by atoms with E-state index in [2.05, 4.69) is 5.10 Å². The van der Waals surface area contributed by atoms with Crippen LogP contribution in [0.3, 0.4) is 0 Å². The standard InChI is InChI=1S/C18H16N3O4/c1-3-25-18(22)15-16(12-6-4-5-7-12)19-20(2)17(15)13-8-10-14(11-9-13)21(23)24/h4-11H,3H2,1-2H3. The summed E-state index contributed by atoms with van der Waals surface area (Å²) in [5, 5.41) is 15.3. The number of nitro groups is 1. The maximum absolute atomic E-state index is 12.6. The highest BCUT2D eigenvalue weighted by atomic mass is 16.6. The van der Waals surface area contributed by atoms with Crippen molar-refractivity contribution in [3.05, 3.63) is 77.2 Å². The van der Waals surface area contributed by atoms with Gasteiger partial charge < -0.3 is 4.74 Å². The molecule has 127 valence electrons. The molecule has 0 atom stereocenters. The summed E-state index contributed by atoms with van der Waals surface area (Å²) < 4.78 is 6.80. The second kappa shape index (κ2) is 7.04. The van der Waals surface area contributed by atoms with Gasteiger partial charge in [-0.3, -0.25) is 14.8 Å². The van der Waals surface area contributed by atoms with Crippen molar-refractivity contribution >= 4 is 11.7 Å². The van der Waals surface area contributed by atoms with Gasteiger partial charge >= 0.3 is 5.97 Å². The molecule has 1 aromatic heterocycles. The SMILES string of the molecule is CCOC(=O)c1c([C]2[CH][CH][CH][CH]2)nn(C)c1-c1ccc([N+](=O)[O-])cc1. The van der Waals surface area contributed by atoms with Gasteiger partial charge in [-0.25, -0.2) is 4.79 Å². The van der Waals surface area contributed by atoms with Crippen LogP contribution in [0.5, 0.6) is 0 Å². The first kappa shape index (κ1) is 17.1. The molecule has 0 unspecified atom stereocenters. The van der Waals surface area contributed by atoms with Gasteiger partial charge in [0, 0.05) is 30.7 Å². The molecule has 1 aliphatic rings. The number of ether oxygens (including phenoxy) is 1. The molecule has 2 aromatic rings. The predicted octanol–water partition coefficient (Wildman–Crippen LogP) is 2.93. The first-order chi connectivity index (χ1) is 12.0.